The summed E-state index contributed by atoms with van der Waals surface area (Å²) in [6, 6.07) is 0.394. The van der Waals surface area contributed by atoms with Crippen LogP contribution in [0.5, 0.6) is 0 Å². The van der Waals surface area contributed by atoms with Crippen molar-refractivity contribution >= 4 is 17.7 Å². The second-order valence-electron chi connectivity index (χ2n) is 6.02. The first-order valence-electron chi connectivity index (χ1n) is 7.39. The molecule has 0 aliphatic carbocycles. The van der Waals surface area contributed by atoms with Gasteiger partial charge in [-0.15, -0.1) is 0 Å². The number of piperidine rings is 1. The Bertz CT molecular complexity index is 284. The van der Waals surface area contributed by atoms with Crippen LogP contribution in [0.3, 0.4) is 0 Å². The third-order valence-electron chi connectivity index (χ3n) is 4.01. The molecular formula is C14H27N3OS. The highest BCUT2D eigenvalue weighted by molar-refractivity contribution is 7.99. The molecule has 0 aromatic rings. The Morgan fingerprint density at radius 1 is 1.37 bits per heavy atom. The van der Waals surface area contributed by atoms with E-state index in [0.717, 1.165) is 50.7 Å². The van der Waals surface area contributed by atoms with E-state index >= 15 is 0 Å². The average molecular weight is 285 g/mol. The van der Waals surface area contributed by atoms with Gasteiger partial charge < -0.3 is 15.1 Å². The van der Waals surface area contributed by atoms with Crippen LogP contribution in [-0.2, 0) is 4.79 Å². The van der Waals surface area contributed by atoms with Crippen LogP contribution in [-0.4, -0.2) is 73.5 Å². The van der Waals surface area contributed by atoms with Gasteiger partial charge in [0.05, 0.1) is 0 Å². The third-order valence-corrected chi connectivity index (χ3v) is 5.14. The molecule has 19 heavy (non-hydrogen) atoms. The van der Waals surface area contributed by atoms with E-state index in [1.807, 2.05) is 11.8 Å². The molecule has 4 nitrogen and oxygen atoms in total. The van der Waals surface area contributed by atoms with Crippen molar-refractivity contribution in [2.75, 3.05) is 51.8 Å². The summed E-state index contributed by atoms with van der Waals surface area (Å²) in [5.74, 6) is 3.38. The van der Waals surface area contributed by atoms with Gasteiger partial charge in [0, 0.05) is 50.1 Å². The molecule has 2 aliphatic heterocycles. The molecule has 0 spiro atoms. The van der Waals surface area contributed by atoms with Gasteiger partial charge in [-0.2, -0.15) is 11.8 Å². The van der Waals surface area contributed by atoms with Crippen molar-refractivity contribution in [2.45, 2.75) is 25.3 Å². The van der Waals surface area contributed by atoms with Crippen molar-refractivity contribution in [2.24, 2.45) is 5.92 Å². The number of rotatable bonds is 4. The lowest BCUT2D eigenvalue weighted by Crippen LogP contribution is -2.45. The normalized spacial score (nSPS) is 25.8. The molecule has 2 heterocycles. The Morgan fingerprint density at radius 3 is 2.68 bits per heavy atom. The topological polar surface area (TPSA) is 35.6 Å². The molecule has 0 aromatic carbocycles. The number of carbonyl (C=O) groups excluding carboxylic acids is 1. The Balaban J connectivity index is 1.69. The zero-order chi connectivity index (χ0) is 13.7. The largest absolute Gasteiger partial charge is 0.343 e. The summed E-state index contributed by atoms with van der Waals surface area (Å²) in [5.41, 5.74) is 0. The van der Waals surface area contributed by atoms with Gasteiger partial charge in [-0.1, -0.05) is 0 Å². The summed E-state index contributed by atoms with van der Waals surface area (Å²) in [6.45, 7) is 4.12. The number of nitrogens with one attached hydrogen (secondary N) is 1. The molecule has 1 atom stereocenters. The molecule has 0 saturated carbocycles. The van der Waals surface area contributed by atoms with Gasteiger partial charge in [-0.25, -0.2) is 0 Å². The van der Waals surface area contributed by atoms with Crippen LogP contribution in [0.25, 0.3) is 0 Å². The first-order chi connectivity index (χ1) is 9.15. The molecule has 0 bridgehead atoms. The minimum absolute atomic E-state index is 0.350. The van der Waals surface area contributed by atoms with E-state index in [9.17, 15) is 4.79 Å². The molecule has 2 saturated heterocycles. The fraction of sp³-hybridized carbons (Fsp3) is 0.929. The Hall–Kier alpha value is -0.260. The average Bonchev–Trinajstić information content (AvgIpc) is 2.40. The summed E-state index contributed by atoms with van der Waals surface area (Å²) in [5, 5.41) is 3.45. The van der Waals surface area contributed by atoms with Gasteiger partial charge in [-0.05, 0) is 32.9 Å². The molecule has 2 aliphatic rings. The molecular weight excluding hydrogens is 258 g/mol. The lowest BCUT2D eigenvalue weighted by Gasteiger charge is -2.34. The van der Waals surface area contributed by atoms with Gasteiger partial charge in [-0.3, -0.25) is 4.79 Å². The zero-order valence-electron chi connectivity index (χ0n) is 12.2. The van der Waals surface area contributed by atoms with Gasteiger partial charge >= 0.3 is 0 Å². The van der Waals surface area contributed by atoms with Crippen molar-refractivity contribution in [3.8, 4) is 0 Å². The summed E-state index contributed by atoms with van der Waals surface area (Å²) in [6.07, 6.45) is 3.01. The van der Waals surface area contributed by atoms with Crippen LogP contribution in [0.2, 0.25) is 0 Å². The van der Waals surface area contributed by atoms with Crippen molar-refractivity contribution in [1.82, 2.24) is 15.1 Å². The van der Waals surface area contributed by atoms with E-state index in [4.69, 9.17) is 0 Å². The van der Waals surface area contributed by atoms with Gasteiger partial charge in [0.25, 0.3) is 0 Å². The lowest BCUT2D eigenvalue weighted by molar-refractivity contribution is -0.133. The summed E-state index contributed by atoms with van der Waals surface area (Å²) < 4.78 is 0. The SMILES string of the molecule is CN(C)CC1CCN(C(=O)CC2CSCCN2)CC1. The molecule has 0 aromatic heterocycles. The van der Waals surface area contributed by atoms with E-state index in [0.29, 0.717) is 18.4 Å². The first-order valence-corrected chi connectivity index (χ1v) is 8.54. The van der Waals surface area contributed by atoms with E-state index in [2.05, 4.69) is 29.2 Å². The molecule has 2 rings (SSSR count). The zero-order valence-corrected chi connectivity index (χ0v) is 13.0. The Kier molecular flexibility index (Phi) is 5.98. The van der Waals surface area contributed by atoms with E-state index in [-0.39, 0.29) is 0 Å². The summed E-state index contributed by atoms with van der Waals surface area (Å²) in [4.78, 5) is 16.6. The molecule has 0 radical (unpaired) electrons. The minimum Gasteiger partial charge on any atom is -0.343 e. The Labute approximate surface area is 121 Å². The highest BCUT2D eigenvalue weighted by atomic mass is 32.2. The lowest BCUT2D eigenvalue weighted by atomic mass is 9.96. The minimum atomic E-state index is 0.350. The monoisotopic (exact) mass is 285 g/mol. The fourth-order valence-corrected chi connectivity index (χ4v) is 3.92. The smallest absolute Gasteiger partial charge is 0.224 e. The van der Waals surface area contributed by atoms with E-state index < -0.39 is 0 Å². The van der Waals surface area contributed by atoms with Crippen LogP contribution in [0.1, 0.15) is 19.3 Å². The number of likely N-dealkylation sites (tertiary alicyclic amines) is 1. The fourth-order valence-electron chi connectivity index (χ4n) is 2.97. The van der Waals surface area contributed by atoms with Crippen LogP contribution in [0, 0.1) is 5.92 Å². The molecule has 5 heteroatoms. The van der Waals surface area contributed by atoms with Gasteiger partial charge in [0.1, 0.15) is 0 Å². The Morgan fingerprint density at radius 2 is 2.11 bits per heavy atom. The van der Waals surface area contributed by atoms with Crippen molar-refractivity contribution in [3.63, 3.8) is 0 Å². The van der Waals surface area contributed by atoms with Gasteiger partial charge in [0.15, 0.2) is 0 Å². The quantitative estimate of drug-likeness (QED) is 0.832. The number of nitrogens with zero attached hydrogens (tertiary/aromatic N) is 2. The maximum atomic E-state index is 12.3. The first kappa shape index (κ1) is 15.1. The summed E-state index contributed by atoms with van der Waals surface area (Å²) >= 11 is 1.96. The number of amides is 1. The molecule has 1 amide bonds. The van der Waals surface area contributed by atoms with Crippen LogP contribution in [0.15, 0.2) is 0 Å². The molecule has 1 N–H and O–H groups in total. The van der Waals surface area contributed by atoms with Crippen molar-refractivity contribution in [1.29, 1.82) is 0 Å². The van der Waals surface area contributed by atoms with E-state index in [1.54, 1.807) is 0 Å². The standard InChI is InChI=1S/C14H27N3OS/c1-16(2)10-12-3-6-17(7-4-12)14(18)9-13-11-19-8-5-15-13/h12-13,15H,3-11H2,1-2H3. The number of carbonyl (C=O) groups is 1. The predicted molar refractivity (Wildman–Crippen MR) is 81.6 cm³/mol. The van der Waals surface area contributed by atoms with Gasteiger partial charge in [0.2, 0.25) is 5.91 Å². The van der Waals surface area contributed by atoms with Crippen molar-refractivity contribution < 1.29 is 4.79 Å². The number of hydrogen-bond acceptors (Lipinski definition) is 4. The molecule has 1 unspecified atom stereocenters. The molecule has 110 valence electrons. The maximum Gasteiger partial charge on any atom is 0.224 e. The van der Waals surface area contributed by atoms with Crippen LogP contribution in [0.4, 0.5) is 0 Å². The van der Waals surface area contributed by atoms with E-state index in [1.165, 1.54) is 5.75 Å². The third kappa shape index (κ3) is 4.97. The second kappa shape index (κ2) is 7.50. The summed E-state index contributed by atoms with van der Waals surface area (Å²) in [7, 11) is 4.26. The maximum absolute atomic E-state index is 12.3. The number of thioether (sulfide) groups is 1. The van der Waals surface area contributed by atoms with Crippen LogP contribution < -0.4 is 5.32 Å². The highest BCUT2D eigenvalue weighted by Gasteiger charge is 2.25. The van der Waals surface area contributed by atoms with Crippen molar-refractivity contribution in [3.05, 3.63) is 0 Å². The predicted octanol–water partition coefficient (Wildman–Crippen LogP) is 0.882. The second-order valence-corrected chi connectivity index (χ2v) is 7.17. The number of hydrogen-bond donors (Lipinski definition) is 1. The molecule has 2 fully saturated rings. The van der Waals surface area contributed by atoms with Crippen LogP contribution >= 0.6 is 11.8 Å². The highest BCUT2D eigenvalue weighted by Crippen LogP contribution is 2.19.